The van der Waals surface area contributed by atoms with Gasteiger partial charge in [0, 0.05) is 25.3 Å². The van der Waals surface area contributed by atoms with Crippen molar-refractivity contribution in [1.82, 2.24) is 4.98 Å². The van der Waals surface area contributed by atoms with E-state index < -0.39 is 23.7 Å². The summed E-state index contributed by atoms with van der Waals surface area (Å²) in [5.74, 6) is -2.01. The molecule has 4 rings (SSSR count). The van der Waals surface area contributed by atoms with Gasteiger partial charge in [-0.3, -0.25) is 14.5 Å². The molecule has 210 valence electrons. The van der Waals surface area contributed by atoms with Crippen LogP contribution < -0.4 is 14.5 Å². The highest BCUT2D eigenvalue weighted by atomic mass is 32.1. The lowest BCUT2D eigenvalue weighted by Gasteiger charge is -2.23. The van der Waals surface area contributed by atoms with Crippen molar-refractivity contribution in [2.24, 2.45) is 0 Å². The summed E-state index contributed by atoms with van der Waals surface area (Å²) in [6, 6.07) is 13.2. The van der Waals surface area contributed by atoms with Crippen LogP contribution in [0.1, 0.15) is 59.2 Å². The molecule has 0 spiro atoms. The number of anilines is 2. The number of unbranched alkanes of at least 4 members (excludes halogenated alkanes) is 1. The fourth-order valence-electron chi connectivity index (χ4n) is 4.39. The zero-order valence-electron chi connectivity index (χ0n) is 23.3. The predicted octanol–water partition coefficient (Wildman–Crippen LogP) is 5.50. The van der Waals surface area contributed by atoms with E-state index in [1.165, 1.54) is 4.90 Å². The number of rotatable bonds is 10. The SMILES string of the molecule is CCCCOc1cccc(C(O)=C2C(=O)C(=O)N(c3nc(C)c(C(=O)OCC)s3)C2c2ccc(N(C)C)cc2)c1. The van der Waals surface area contributed by atoms with Gasteiger partial charge in [0.05, 0.1) is 30.5 Å². The third kappa shape index (κ3) is 5.72. The maximum Gasteiger partial charge on any atom is 0.350 e. The Morgan fingerprint density at radius 1 is 1.12 bits per heavy atom. The van der Waals surface area contributed by atoms with Gasteiger partial charge in [0.2, 0.25) is 0 Å². The van der Waals surface area contributed by atoms with Gasteiger partial charge in [0.25, 0.3) is 5.78 Å². The van der Waals surface area contributed by atoms with E-state index in [1.807, 2.05) is 43.3 Å². The molecule has 2 heterocycles. The molecule has 0 aliphatic carbocycles. The van der Waals surface area contributed by atoms with E-state index in [1.54, 1.807) is 38.1 Å². The molecule has 1 aliphatic heterocycles. The minimum atomic E-state index is -0.971. The number of nitrogens with zero attached hydrogens (tertiary/aromatic N) is 3. The number of ketones is 1. The Morgan fingerprint density at radius 2 is 1.85 bits per heavy atom. The highest BCUT2D eigenvalue weighted by molar-refractivity contribution is 7.17. The summed E-state index contributed by atoms with van der Waals surface area (Å²) < 4.78 is 10.9. The lowest BCUT2D eigenvalue weighted by molar-refractivity contribution is -0.132. The van der Waals surface area contributed by atoms with Gasteiger partial charge in [-0.05, 0) is 50.1 Å². The number of aliphatic hydroxyl groups is 1. The third-order valence-electron chi connectivity index (χ3n) is 6.50. The van der Waals surface area contributed by atoms with Crippen molar-refractivity contribution in [3.05, 3.63) is 75.8 Å². The molecule has 0 saturated carbocycles. The molecule has 1 aliphatic rings. The second-order valence-electron chi connectivity index (χ2n) is 9.52. The summed E-state index contributed by atoms with van der Waals surface area (Å²) in [4.78, 5) is 47.4. The standard InChI is InChI=1S/C30H33N3O6S/c1-6-8-16-39-22-11-9-10-20(17-22)25(34)23-24(19-12-14-21(15-13-19)32(4)5)33(28(36)26(23)35)30-31-18(3)27(40-30)29(37)38-7-2/h9-15,17,24,34H,6-8,16H2,1-5H3. The first kappa shape index (κ1) is 28.8. The highest BCUT2D eigenvalue weighted by Gasteiger charge is 2.48. The number of Topliss-reactive ketones (excluding diaryl/α,β-unsaturated/α-hetero) is 1. The summed E-state index contributed by atoms with van der Waals surface area (Å²) in [7, 11) is 3.82. The van der Waals surface area contributed by atoms with Crippen molar-refractivity contribution in [3.8, 4) is 5.75 Å². The first-order valence-electron chi connectivity index (χ1n) is 13.1. The van der Waals surface area contributed by atoms with Crippen molar-refractivity contribution in [2.45, 2.75) is 39.7 Å². The lowest BCUT2D eigenvalue weighted by atomic mass is 9.95. The molecule has 0 radical (unpaired) electrons. The topological polar surface area (TPSA) is 109 Å². The minimum Gasteiger partial charge on any atom is -0.507 e. The van der Waals surface area contributed by atoms with E-state index in [0.29, 0.717) is 29.2 Å². The molecule has 2 aromatic carbocycles. The van der Waals surface area contributed by atoms with E-state index in [0.717, 1.165) is 29.9 Å². The molecule has 1 amide bonds. The smallest absolute Gasteiger partial charge is 0.350 e. The Balaban J connectivity index is 1.85. The molecule has 40 heavy (non-hydrogen) atoms. The number of carbonyl (C=O) groups excluding carboxylic acids is 3. The van der Waals surface area contributed by atoms with E-state index in [2.05, 4.69) is 11.9 Å². The highest BCUT2D eigenvalue weighted by Crippen LogP contribution is 2.44. The molecule has 9 nitrogen and oxygen atoms in total. The number of carbonyl (C=O) groups is 3. The molecule has 1 N–H and O–H groups in total. The second-order valence-corrected chi connectivity index (χ2v) is 10.5. The fraction of sp³-hybridized carbons (Fsp3) is 0.333. The zero-order chi connectivity index (χ0) is 29.0. The van der Waals surface area contributed by atoms with E-state index in [-0.39, 0.29) is 27.9 Å². The van der Waals surface area contributed by atoms with Gasteiger partial charge in [0.15, 0.2) is 5.13 Å². The van der Waals surface area contributed by atoms with Crippen molar-refractivity contribution in [3.63, 3.8) is 0 Å². The number of amides is 1. The molecule has 1 atom stereocenters. The van der Waals surface area contributed by atoms with Crippen LogP contribution in [-0.4, -0.2) is 55.1 Å². The van der Waals surface area contributed by atoms with Gasteiger partial charge in [-0.1, -0.05) is 48.9 Å². The van der Waals surface area contributed by atoms with E-state index in [9.17, 15) is 19.5 Å². The van der Waals surface area contributed by atoms with Gasteiger partial charge >= 0.3 is 11.9 Å². The number of ether oxygens (including phenoxy) is 2. The number of esters is 1. The zero-order valence-corrected chi connectivity index (χ0v) is 24.1. The van der Waals surface area contributed by atoms with Gasteiger partial charge in [-0.15, -0.1) is 0 Å². The lowest BCUT2D eigenvalue weighted by Crippen LogP contribution is -2.29. The Hall–Kier alpha value is -4.18. The Morgan fingerprint density at radius 3 is 2.50 bits per heavy atom. The van der Waals surface area contributed by atoms with Crippen molar-refractivity contribution in [1.29, 1.82) is 0 Å². The number of hydrogen-bond donors (Lipinski definition) is 1. The molecule has 1 unspecified atom stereocenters. The fourth-order valence-corrected chi connectivity index (χ4v) is 5.38. The average molecular weight is 564 g/mol. The molecule has 1 aromatic heterocycles. The largest absolute Gasteiger partial charge is 0.507 e. The third-order valence-corrected chi connectivity index (χ3v) is 7.63. The predicted molar refractivity (Wildman–Crippen MR) is 155 cm³/mol. The molecule has 0 bridgehead atoms. The molecule has 1 saturated heterocycles. The van der Waals surface area contributed by atoms with Crippen LogP contribution >= 0.6 is 11.3 Å². The van der Waals surface area contributed by atoms with Gasteiger partial charge in [-0.25, -0.2) is 9.78 Å². The molecular weight excluding hydrogens is 530 g/mol. The van der Waals surface area contributed by atoms with Crippen LogP contribution in [0.4, 0.5) is 10.8 Å². The van der Waals surface area contributed by atoms with Gasteiger partial charge < -0.3 is 19.5 Å². The van der Waals surface area contributed by atoms with Crippen molar-refractivity contribution < 1.29 is 29.0 Å². The summed E-state index contributed by atoms with van der Waals surface area (Å²) >= 11 is 0.975. The quantitative estimate of drug-likeness (QED) is 0.113. The van der Waals surface area contributed by atoms with E-state index >= 15 is 0 Å². The first-order chi connectivity index (χ1) is 19.2. The van der Waals surface area contributed by atoms with Crippen molar-refractivity contribution >= 4 is 45.6 Å². The number of aryl methyl sites for hydroxylation is 1. The average Bonchev–Trinajstić information content (AvgIpc) is 3.45. The maximum absolute atomic E-state index is 13.5. The van der Waals surface area contributed by atoms with Crippen LogP contribution in [0.15, 0.2) is 54.1 Å². The van der Waals surface area contributed by atoms with E-state index in [4.69, 9.17) is 9.47 Å². The molecular formula is C30H33N3O6S. The van der Waals surface area contributed by atoms with Crippen molar-refractivity contribution in [2.75, 3.05) is 37.1 Å². The molecule has 3 aromatic rings. The number of aromatic nitrogens is 1. The monoisotopic (exact) mass is 563 g/mol. The Bertz CT molecular complexity index is 1440. The normalized spacial score (nSPS) is 16.3. The van der Waals surface area contributed by atoms with Crippen LogP contribution in [-0.2, 0) is 14.3 Å². The Kier molecular flexibility index (Phi) is 8.89. The Labute approximate surface area is 237 Å². The van der Waals surface area contributed by atoms with Crippen LogP contribution in [0.3, 0.4) is 0 Å². The second kappa shape index (κ2) is 12.3. The first-order valence-corrected chi connectivity index (χ1v) is 14.0. The number of hydrogen-bond acceptors (Lipinski definition) is 9. The van der Waals surface area contributed by atoms with Crippen LogP contribution in [0.2, 0.25) is 0 Å². The molecule has 1 fully saturated rings. The van der Waals surface area contributed by atoms with Crippen LogP contribution in [0, 0.1) is 6.92 Å². The van der Waals surface area contributed by atoms with Gasteiger partial charge in [-0.2, -0.15) is 0 Å². The van der Waals surface area contributed by atoms with Gasteiger partial charge in [0.1, 0.15) is 16.4 Å². The maximum atomic E-state index is 13.5. The summed E-state index contributed by atoms with van der Waals surface area (Å²) in [5.41, 5.74) is 2.20. The summed E-state index contributed by atoms with van der Waals surface area (Å²) in [6.07, 6.45) is 1.86. The minimum absolute atomic E-state index is 0.0705. The number of aliphatic hydroxyl groups excluding tert-OH is 1. The summed E-state index contributed by atoms with van der Waals surface area (Å²) in [5, 5.41) is 11.7. The van der Waals surface area contributed by atoms with Crippen LogP contribution in [0.25, 0.3) is 5.76 Å². The number of benzene rings is 2. The van der Waals surface area contributed by atoms with Crippen LogP contribution in [0.5, 0.6) is 5.75 Å². The summed E-state index contributed by atoms with van der Waals surface area (Å²) in [6.45, 7) is 6.13. The molecule has 10 heteroatoms. The number of thiazole rings is 1.